The molecule has 0 bridgehead atoms. The quantitative estimate of drug-likeness (QED) is 0.717. The smallest absolute Gasteiger partial charge is 0.323 e. The summed E-state index contributed by atoms with van der Waals surface area (Å²) in [6, 6.07) is 1.09. The fourth-order valence-corrected chi connectivity index (χ4v) is 1.27. The zero-order valence-electron chi connectivity index (χ0n) is 9.17. The predicted molar refractivity (Wildman–Crippen MR) is 56.9 cm³/mol. The molecule has 0 aliphatic carbocycles. The molecule has 1 rings (SSSR count). The van der Waals surface area contributed by atoms with Gasteiger partial charge in [-0.1, -0.05) is 0 Å². The Morgan fingerprint density at radius 2 is 2.06 bits per heavy atom. The van der Waals surface area contributed by atoms with Gasteiger partial charge in [-0.2, -0.15) is 0 Å². The number of carbonyl (C=O) groups excluding carboxylic acids is 2. The molecule has 7 nitrogen and oxygen atoms in total. The van der Waals surface area contributed by atoms with Gasteiger partial charge in [-0.3, -0.25) is 19.4 Å². The number of halogens is 1. The van der Waals surface area contributed by atoms with Crippen LogP contribution in [-0.4, -0.2) is 45.9 Å². The van der Waals surface area contributed by atoms with Crippen molar-refractivity contribution in [2.45, 2.75) is 0 Å². The molecular formula is C10H10FN3O4. The molecule has 3 N–H and O–H groups in total. The predicted octanol–water partition coefficient (Wildman–Crippen LogP) is -0.767. The van der Waals surface area contributed by atoms with Crippen LogP contribution in [0.15, 0.2) is 18.5 Å². The lowest BCUT2D eigenvalue weighted by Crippen LogP contribution is -2.41. The minimum Gasteiger partial charge on any atom is -0.480 e. The Morgan fingerprint density at radius 3 is 2.56 bits per heavy atom. The summed E-state index contributed by atoms with van der Waals surface area (Å²) in [5, 5.41) is 8.61. The zero-order chi connectivity index (χ0) is 13.7. The minimum absolute atomic E-state index is 0.368. The number of aromatic nitrogens is 1. The number of carboxylic acids is 1. The van der Waals surface area contributed by atoms with Crippen molar-refractivity contribution in [1.82, 2.24) is 9.88 Å². The summed E-state index contributed by atoms with van der Waals surface area (Å²) in [7, 11) is 0. The second kappa shape index (κ2) is 5.71. The van der Waals surface area contributed by atoms with Crippen LogP contribution in [-0.2, 0) is 9.59 Å². The van der Waals surface area contributed by atoms with Gasteiger partial charge in [-0.15, -0.1) is 0 Å². The molecule has 1 aromatic rings. The molecule has 0 aliphatic heterocycles. The molecule has 1 heterocycles. The fraction of sp³-hybridized carbons (Fsp3) is 0.200. The van der Waals surface area contributed by atoms with Crippen LogP contribution in [0.4, 0.5) is 4.39 Å². The normalized spacial score (nSPS) is 9.83. The highest BCUT2D eigenvalue weighted by molar-refractivity contribution is 5.98. The van der Waals surface area contributed by atoms with Crippen molar-refractivity contribution in [1.29, 1.82) is 0 Å². The van der Waals surface area contributed by atoms with E-state index >= 15 is 0 Å². The van der Waals surface area contributed by atoms with E-state index in [4.69, 9.17) is 10.8 Å². The molecule has 8 heteroatoms. The average molecular weight is 255 g/mol. The molecule has 0 unspecified atom stereocenters. The standard InChI is InChI=1S/C10H10FN3O4/c11-7-3-13-2-1-6(7)10(18)14(4-8(12)15)5-9(16)17/h1-3H,4-5H2,(H2,12,15)(H,16,17). The molecule has 0 aromatic carbocycles. The summed E-state index contributed by atoms with van der Waals surface area (Å²) in [5.74, 6) is -4.06. The molecule has 0 saturated heterocycles. The molecule has 18 heavy (non-hydrogen) atoms. The highest BCUT2D eigenvalue weighted by Crippen LogP contribution is 2.08. The Hall–Kier alpha value is -2.51. The maximum atomic E-state index is 13.3. The maximum absolute atomic E-state index is 13.3. The molecule has 0 radical (unpaired) electrons. The summed E-state index contributed by atoms with van der Waals surface area (Å²) in [5.41, 5.74) is 4.52. The Bertz CT molecular complexity index is 476. The van der Waals surface area contributed by atoms with E-state index in [2.05, 4.69) is 4.98 Å². The largest absolute Gasteiger partial charge is 0.480 e. The maximum Gasteiger partial charge on any atom is 0.323 e. The van der Waals surface area contributed by atoms with Crippen molar-refractivity contribution < 1.29 is 23.9 Å². The van der Waals surface area contributed by atoms with E-state index in [1.807, 2.05) is 0 Å². The van der Waals surface area contributed by atoms with Crippen LogP contribution in [0.25, 0.3) is 0 Å². The molecule has 0 aliphatic rings. The van der Waals surface area contributed by atoms with Gasteiger partial charge in [-0.25, -0.2) is 4.39 Å². The highest BCUT2D eigenvalue weighted by Gasteiger charge is 2.22. The Morgan fingerprint density at radius 1 is 1.39 bits per heavy atom. The monoisotopic (exact) mass is 255 g/mol. The van der Waals surface area contributed by atoms with Gasteiger partial charge in [0.2, 0.25) is 5.91 Å². The molecule has 2 amide bonds. The lowest BCUT2D eigenvalue weighted by molar-refractivity contribution is -0.138. The van der Waals surface area contributed by atoms with Crippen molar-refractivity contribution in [3.63, 3.8) is 0 Å². The Kier molecular flexibility index (Phi) is 4.30. The summed E-state index contributed by atoms with van der Waals surface area (Å²) in [6.07, 6.45) is 2.00. The van der Waals surface area contributed by atoms with E-state index in [1.54, 1.807) is 0 Å². The average Bonchev–Trinajstić information content (AvgIpc) is 2.26. The van der Waals surface area contributed by atoms with Crippen LogP contribution in [0.1, 0.15) is 10.4 Å². The molecule has 0 atom stereocenters. The van der Waals surface area contributed by atoms with Crippen molar-refractivity contribution in [3.8, 4) is 0 Å². The third-order valence-corrected chi connectivity index (χ3v) is 1.96. The number of rotatable bonds is 5. The second-order valence-corrected chi connectivity index (χ2v) is 3.38. The topological polar surface area (TPSA) is 114 Å². The number of aliphatic carboxylic acids is 1. The SMILES string of the molecule is NC(=O)CN(CC(=O)O)C(=O)c1ccncc1F. The van der Waals surface area contributed by atoms with E-state index in [0.29, 0.717) is 4.90 Å². The van der Waals surface area contributed by atoms with Gasteiger partial charge in [0.1, 0.15) is 13.1 Å². The summed E-state index contributed by atoms with van der Waals surface area (Å²) in [4.78, 5) is 37.2. The number of nitrogens with zero attached hydrogens (tertiary/aromatic N) is 2. The number of carboxylic acid groups (broad SMARTS) is 1. The first-order valence-corrected chi connectivity index (χ1v) is 4.80. The van der Waals surface area contributed by atoms with Crippen LogP contribution in [0.2, 0.25) is 0 Å². The van der Waals surface area contributed by atoms with E-state index in [-0.39, 0.29) is 5.56 Å². The molecule has 1 aromatic heterocycles. The summed E-state index contributed by atoms with van der Waals surface area (Å²) in [6.45, 7) is -1.35. The number of primary amides is 1. The lowest BCUT2D eigenvalue weighted by atomic mass is 10.2. The van der Waals surface area contributed by atoms with E-state index in [1.165, 1.54) is 6.20 Å². The van der Waals surface area contributed by atoms with Gasteiger partial charge < -0.3 is 15.7 Å². The van der Waals surface area contributed by atoms with E-state index < -0.39 is 36.7 Å². The number of hydrogen-bond donors (Lipinski definition) is 2. The van der Waals surface area contributed by atoms with Gasteiger partial charge >= 0.3 is 5.97 Å². The molecule has 96 valence electrons. The fourth-order valence-electron chi connectivity index (χ4n) is 1.27. The lowest BCUT2D eigenvalue weighted by Gasteiger charge is -2.18. The van der Waals surface area contributed by atoms with Gasteiger partial charge in [0, 0.05) is 6.20 Å². The number of carbonyl (C=O) groups is 3. The second-order valence-electron chi connectivity index (χ2n) is 3.38. The van der Waals surface area contributed by atoms with Crippen molar-refractivity contribution in [2.75, 3.05) is 13.1 Å². The molecule has 0 fully saturated rings. The Labute approximate surface area is 101 Å². The third kappa shape index (κ3) is 3.51. The van der Waals surface area contributed by atoms with Crippen LogP contribution in [0, 0.1) is 5.82 Å². The van der Waals surface area contributed by atoms with E-state index in [0.717, 1.165) is 12.3 Å². The number of hydrogen-bond acceptors (Lipinski definition) is 4. The zero-order valence-corrected chi connectivity index (χ0v) is 9.17. The first kappa shape index (κ1) is 13.6. The number of nitrogens with two attached hydrogens (primary N) is 1. The van der Waals surface area contributed by atoms with Crippen LogP contribution >= 0.6 is 0 Å². The van der Waals surface area contributed by atoms with Crippen LogP contribution in [0.5, 0.6) is 0 Å². The van der Waals surface area contributed by atoms with Crippen LogP contribution < -0.4 is 5.73 Å². The van der Waals surface area contributed by atoms with Crippen molar-refractivity contribution in [3.05, 3.63) is 29.8 Å². The summed E-state index contributed by atoms with van der Waals surface area (Å²) >= 11 is 0. The van der Waals surface area contributed by atoms with E-state index in [9.17, 15) is 18.8 Å². The first-order valence-electron chi connectivity index (χ1n) is 4.80. The van der Waals surface area contributed by atoms with Gasteiger partial charge in [0.25, 0.3) is 5.91 Å². The van der Waals surface area contributed by atoms with Crippen molar-refractivity contribution in [2.24, 2.45) is 5.73 Å². The molecule has 0 saturated carbocycles. The Balaban J connectivity index is 2.98. The minimum atomic E-state index is -1.33. The van der Waals surface area contributed by atoms with Crippen LogP contribution in [0.3, 0.4) is 0 Å². The molecular weight excluding hydrogens is 245 g/mol. The highest BCUT2D eigenvalue weighted by atomic mass is 19.1. The number of amides is 2. The first-order chi connectivity index (χ1) is 8.41. The van der Waals surface area contributed by atoms with Gasteiger partial charge in [0.15, 0.2) is 5.82 Å². The van der Waals surface area contributed by atoms with Gasteiger partial charge in [0.05, 0.1) is 11.8 Å². The number of pyridine rings is 1. The van der Waals surface area contributed by atoms with Crippen molar-refractivity contribution >= 4 is 17.8 Å². The summed E-state index contributed by atoms with van der Waals surface area (Å²) < 4.78 is 13.3. The third-order valence-electron chi connectivity index (χ3n) is 1.96. The molecule has 0 spiro atoms. The van der Waals surface area contributed by atoms with Gasteiger partial charge in [-0.05, 0) is 6.07 Å².